The minimum absolute atomic E-state index is 0.264. The number of nitrogens with zero attached hydrogens (tertiary/aromatic N) is 1. The van der Waals surface area contributed by atoms with E-state index in [0.29, 0.717) is 15.8 Å². The average Bonchev–Trinajstić information content (AvgIpc) is 2.27. The monoisotopic (exact) mass is 297 g/mol. The molecule has 1 aromatic heterocycles. The molecule has 0 fully saturated rings. The molecule has 0 radical (unpaired) electrons. The van der Waals surface area contributed by atoms with Crippen molar-refractivity contribution in [3.05, 3.63) is 34.1 Å². The Kier molecular flexibility index (Phi) is 3.31. The molecule has 0 amide bonds. The third kappa shape index (κ3) is 2.25. The van der Waals surface area contributed by atoms with Crippen LogP contribution in [0.15, 0.2) is 22.7 Å². The molecule has 2 aromatic rings. The predicted octanol–water partition coefficient (Wildman–Crippen LogP) is 3.55. The van der Waals surface area contributed by atoms with Gasteiger partial charge in [-0.25, -0.2) is 15.2 Å². The smallest absolute Gasteiger partial charge is 0.150 e. The first-order chi connectivity index (χ1) is 8.02. The summed E-state index contributed by atoms with van der Waals surface area (Å²) in [7, 11) is 0. The number of benzene rings is 1. The number of aromatic nitrogens is 1. The number of anilines is 1. The van der Waals surface area contributed by atoms with E-state index in [1.165, 1.54) is 6.07 Å². The molecule has 1 heterocycles. The van der Waals surface area contributed by atoms with Crippen molar-refractivity contribution in [1.82, 2.24) is 4.98 Å². The van der Waals surface area contributed by atoms with Crippen molar-refractivity contribution in [2.75, 3.05) is 5.43 Å². The average molecular weight is 298 g/mol. The van der Waals surface area contributed by atoms with Gasteiger partial charge in [-0.15, -0.1) is 0 Å². The van der Waals surface area contributed by atoms with Crippen LogP contribution in [0.3, 0.4) is 0 Å². The fourth-order valence-electron chi connectivity index (χ4n) is 1.78. The van der Waals surface area contributed by atoms with Gasteiger partial charge in [0.2, 0.25) is 0 Å². The van der Waals surface area contributed by atoms with Crippen LogP contribution in [0.2, 0.25) is 0 Å². The molecule has 0 aliphatic carbocycles. The largest absolute Gasteiger partial charge is 0.308 e. The van der Waals surface area contributed by atoms with Crippen LogP contribution >= 0.6 is 15.9 Å². The van der Waals surface area contributed by atoms with E-state index in [1.54, 1.807) is 0 Å². The van der Waals surface area contributed by atoms with Crippen molar-refractivity contribution in [3.63, 3.8) is 0 Å². The van der Waals surface area contributed by atoms with E-state index < -0.39 is 0 Å². The minimum atomic E-state index is -0.360. The van der Waals surface area contributed by atoms with Gasteiger partial charge in [-0.3, -0.25) is 0 Å². The molecule has 0 unspecified atom stereocenters. The van der Waals surface area contributed by atoms with E-state index >= 15 is 0 Å². The van der Waals surface area contributed by atoms with Crippen molar-refractivity contribution in [1.29, 1.82) is 0 Å². The van der Waals surface area contributed by atoms with Crippen LogP contribution in [0, 0.1) is 5.82 Å². The first-order valence-electron chi connectivity index (χ1n) is 5.29. The Labute approximate surface area is 107 Å². The lowest BCUT2D eigenvalue weighted by Crippen LogP contribution is -2.12. The third-order valence-electron chi connectivity index (χ3n) is 2.62. The van der Waals surface area contributed by atoms with Gasteiger partial charge in [0.05, 0.1) is 0 Å². The van der Waals surface area contributed by atoms with E-state index in [1.807, 2.05) is 26.0 Å². The van der Waals surface area contributed by atoms with Gasteiger partial charge in [0, 0.05) is 9.86 Å². The lowest BCUT2D eigenvalue weighted by atomic mass is 10.0. The lowest BCUT2D eigenvalue weighted by molar-refractivity contribution is 0.636. The van der Waals surface area contributed by atoms with Gasteiger partial charge in [-0.05, 0) is 29.7 Å². The number of fused-ring (bicyclic) bond motifs is 1. The molecule has 0 bridgehead atoms. The Morgan fingerprint density at radius 1 is 1.35 bits per heavy atom. The van der Waals surface area contributed by atoms with Crippen LogP contribution < -0.4 is 11.3 Å². The molecule has 3 nitrogen and oxygen atoms in total. The molecule has 0 spiro atoms. The fraction of sp³-hybridized carbons (Fsp3) is 0.250. The molecule has 5 heteroatoms. The molecular formula is C12H13BrFN3. The Hall–Kier alpha value is -1.20. The number of nitrogen functional groups attached to an aromatic ring is 1. The predicted molar refractivity (Wildman–Crippen MR) is 71.3 cm³/mol. The summed E-state index contributed by atoms with van der Waals surface area (Å²) in [5.74, 6) is 5.84. The van der Waals surface area contributed by atoms with Crippen LogP contribution in [-0.4, -0.2) is 4.98 Å². The number of hydrogen-bond acceptors (Lipinski definition) is 3. The summed E-state index contributed by atoms with van der Waals surface area (Å²) in [5.41, 5.74) is 3.82. The van der Waals surface area contributed by atoms with Gasteiger partial charge in [-0.2, -0.15) is 0 Å². The van der Waals surface area contributed by atoms with Crippen LogP contribution in [0.25, 0.3) is 10.9 Å². The standard InChI is InChI=1S/C12H13BrFN3/c1-6(2)9-4-7-3-8(13)5-10(14)11(7)16-12(9)17-15/h3-6H,15H2,1-2H3,(H,16,17). The van der Waals surface area contributed by atoms with Gasteiger partial charge in [-0.1, -0.05) is 29.8 Å². The quantitative estimate of drug-likeness (QED) is 0.658. The van der Waals surface area contributed by atoms with Gasteiger partial charge in [0.1, 0.15) is 11.3 Å². The summed E-state index contributed by atoms with van der Waals surface area (Å²) in [6.45, 7) is 4.08. The van der Waals surface area contributed by atoms with Crippen molar-refractivity contribution < 1.29 is 4.39 Å². The van der Waals surface area contributed by atoms with E-state index in [9.17, 15) is 4.39 Å². The highest BCUT2D eigenvalue weighted by molar-refractivity contribution is 9.10. The van der Waals surface area contributed by atoms with E-state index in [-0.39, 0.29) is 11.7 Å². The number of nitrogens with two attached hydrogens (primary N) is 1. The second kappa shape index (κ2) is 4.58. The molecule has 0 atom stereocenters. The molecule has 90 valence electrons. The van der Waals surface area contributed by atoms with Crippen LogP contribution in [0.5, 0.6) is 0 Å². The zero-order valence-corrected chi connectivity index (χ0v) is 11.2. The maximum Gasteiger partial charge on any atom is 0.150 e. The van der Waals surface area contributed by atoms with Crippen LogP contribution in [-0.2, 0) is 0 Å². The highest BCUT2D eigenvalue weighted by atomic mass is 79.9. The molecule has 17 heavy (non-hydrogen) atoms. The maximum atomic E-state index is 13.7. The third-order valence-corrected chi connectivity index (χ3v) is 3.08. The summed E-state index contributed by atoms with van der Waals surface area (Å²) in [6.07, 6.45) is 0. The number of pyridine rings is 1. The van der Waals surface area contributed by atoms with Gasteiger partial charge in [0.15, 0.2) is 5.82 Å². The fourth-order valence-corrected chi connectivity index (χ4v) is 2.23. The second-order valence-corrected chi connectivity index (χ2v) is 5.10. The molecule has 0 aliphatic rings. The van der Waals surface area contributed by atoms with Crippen molar-refractivity contribution in [2.24, 2.45) is 5.84 Å². The van der Waals surface area contributed by atoms with Crippen molar-refractivity contribution in [3.8, 4) is 0 Å². The van der Waals surface area contributed by atoms with E-state index in [2.05, 4.69) is 26.3 Å². The SMILES string of the molecule is CC(C)c1cc2cc(Br)cc(F)c2nc1NN. The zero-order chi connectivity index (χ0) is 12.6. The highest BCUT2D eigenvalue weighted by Crippen LogP contribution is 2.29. The molecular weight excluding hydrogens is 285 g/mol. The topological polar surface area (TPSA) is 50.9 Å². The van der Waals surface area contributed by atoms with Crippen LogP contribution in [0.1, 0.15) is 25.3 Å². The number of nitrogens with one attached hydrogen (secondary N) is 1. The maximum absolute atomic E-state index is 13.7. The number of rotatable bonds is 2. The Bertz CT molecular complexity index is 569. The zero-order valence-electron chi connectivity index (χ0n) is 9.59. The molecule has 3 N–H and O–H groups in total. The van der Waals surface area contributed by atoms with Gasteiger partial charge in [0.25, 0.3) is 0 Å². The molecule has 0 saturated heterocycles. The molecule has 0 aliphatic heterocycles. The number of hydrazine groups is 1. The van der Waals surface area contributed by atoms with E-state index in [0.717, 1.165) is 10.9 Å². The van der Waals surface area contributed by atoms with Crippen molar-refractivity contribution in [2.45, 2.75) is 19.8 Å². The lowest BCUT2D eigenvalue weighted by Gasteiger charge is -2.13. The van der Waals surface area contributed by atoms with Crippen molar-refractivity contribution >= 4 is 32.7 Å². The Morgan fingerprint density at radius 2 is 2.06 bits per heavy atom. The number of hydrogen-bond donors (Lipinski definition) is 2. The summed E-state index contributed by atoms with van der Waals surface area (Å²) < 4.78 is 14.4. The van der Waals surface area contributed by atoms with Gasteiger partial charge >= 0.3 is 0 Å². The Balaban J connectivity index is 2.78. The van der Waals surface area contributed by atoms with E-state index in [4.69, 9.17) is 5.84 Å². The summed E-state index contributed by atoms with van der Waals surface area (Å²) in [5, 5.41) is 0.763. The first kappa shape index (κ1) is 12.3. The summed E-state index contributed by atoms with van der Waals surface area (Å²) in [4.78, 5) is 4.22. The first-order valence-corrected chi connectivity index (χ1v) is 6.08. The summed E-state index contributed by atoms with van der Waals surface area (Å²) >= 11 is 3.27. The Morgan fingerprint density at radius 3 is 2.65 bits per heavy atom. The minimum Gasteiger partial charge on any atom is -0.308 e. The van der Waals surface area contributed by atoms with Gasteiger partial charge < -0.3 is 5.43 Å². The highest BCUT2D eigenvalue weighted by Gasteiger charge is 2.12. The molecule has 1 aromatic carbocycles. The molecule has 0 saturated carbocycles. The summed E-state index contributed by atoms with van der Waals surface area (Å²) in [6, 6.07) is 5.15. The van der Waals surface area contributed by atoms with Crippen LogP contribution in [0.4, 0.5) is 10.2 Å². The number of halogens is 2. The normalized spacial score (nSPS) is 11.2. The molecule has 2 rings (SSSR count). The second-order valence-electron chi connectivity index (χ2n) is 4.18.